The molecule has 0 radical (unpaired) electrons. The summed E-state index contributed by atoms with van der Waals surface area (Å²) in [5.74, 6) is 0.223. The first-order valence-corrected chi connectivity index (χ1v) is 14.4. The Bertz CT molecular complexity index is 1190. The molecule has 1 unspecified atom stereocenters. The van der Waals surface area contributed by atoms with Gasteiger partial charge in [0.15, 0.2) is 0 Å². The normalized spacial score (nSPS) is 16.4. The van der Waals surface area contributed by atoms with Gasteiger partial charge in [0, 0.05) is 26.1 Å². The van der Waals surface area contributed by atoms with Crippen LogP contribution in [0.1, 0.15) is 103 Å². The van der Waals surface area contributed by atoms with Gasteiger partial charge < -0.3 is 9.80 Å². The van der Waals surface area contributed by atoms with E-state index in [1.54, 1.807) is 0 Å². The largest absolute Gasteiger partial charge is 0.365 e. The van der Waals surface area contributed by atoms with E-state index in [1.807, 2.05) is 0 Å². The molecule has 4 heteroatoms. The molecule has 0 N–H and O–H groups in total. The number of fused-ring (bicyclic) bond motifs is 3. The van der Waals surface area contributed by atoms with Crippen LogP contribution in [-0.2, 0) is 19.4 Å². The molecular formula is C33H41N3O. The molecule has 2 aliphatic heterocycles. The number of hydrogen-bond acceptors (Lipinski definition) is 3. The minimum Gasteiger partial charge on any atom is -0.365 e. The zero-order valence-electron chi connectivity index (χ0n) is 22.6. The van der Waals surface area contributed by atoms with Crippen molar-refractivity contribution in [3.8, 4) is 0 Å². The van der Waals surface area contributed by atoms with Crippen molar-refractivity contribution in [3.05, 3.63) is 94.3 Å². The first kappa shape index (κ1) is 25.5. The Morgan fingerprint density at radius 2 is 1.57 bits per heavy atom. The van der Waals surface area contributed by atoms with Crippen molar-refractivity contribution >= 4 is 11.6 Å². The summed E-state index contributed by atoms with van der Waals surface area (Å²) >= 11 is 0. The molecule has 0 fully saturated rings. The summed E-state index contributed by atoms with van der Waals surface area (Å²) in [5.41, 5.74) is 8.15. The summed E-state index contributed by atoms with van der Waals surface area (Å²) < 4.78 is 0. The van der Waals surface area contributed by atoms with Crippen molar-refractivity contribution in [2.75, 3.05) is 18.0 Å². The third-order valence-corrected chi connectivity index (χ3v) is 8.00. The van der Waals surface area contributed by atoms with Gasteiger partial charge in [0.1, 0.15) is 0 Å². The number of amides is 1. The van der Waals surface area contributed by atoms with Gasteiger partial charge in [-0.05, 0) is 36.0 Å². The van der Waals surface area contributed by atoms with E-state index in [4.69, 9.17) is 4.98 Å². The van der Waals surface area contributed by atoms with E-state index in [-0.39, 0.29) is 11.9 Å². The minimum absolute atomic E-state index is 0.119. The number of unbranched alkanes of at least 4 members (excludes halogenated alkanes) is 4. The van der Waals surface area contributed by atoms with E-state index in [1.165, 1.54) is 41.6 Å². The molecule has 1 aromatic heterocycles. The van der Waals surface area contributed by atoms with Crippen molar-refractivity contribution in [3.63, 3.8) is 0 Å². The topological polar surface area (TPSA) is 36.4 Å². The molecule has 1 atom stereocenters. The van der Waals surface area contributed by atoms with Crippen LogP contribution in [0, 0.1) is 0 Å². The first-order chi connectivity index (χ1) is 18.2. The van der Waals surface area contributed by atoms with E-state index in [2.05, 4.69) is 84.3 Å². The summed E-state index contributed by atoms with van der Waals surface area (Å²) in [7, 11) is 0. The van der Waals surface area contributed by atoms with Crippen molar-refractivity contribution < 1.29 is 4.79 Å². The van der Waals surface area contributed by atoms with Gasteiger partial charge in [-0.15, -0.1) is 0 Å². The summed E-state index contributed by atoms with van der Waals surface area (Å²) in [6.07, 6.45) is 9.75. The number of carbonyl (C=O) groups is 1. The van der Waals surface area contributed by atoms with Crippen molar-refractivity contribution in [2.24, 2.45) is 0 Å². The van der Waals surface area contributed by atoms with Crippen molar-refractivity contribution in [1.29, 1.82) is 0 Å². The second-order valence-electron chi connectivity index (χ2n) is 10.7. The van der Waals surface area contributed by atoms with Gasteiger partial charge in [-0.25, -0.2) is 0 Å². The third-order valence-electron chi connectivity index (χ3n) is 8.00. The summed E-state index contributed by atoms with van der Waals surface area (Å²) in [6, 6.07) is 21.5. The van der Waals surface area contributed by atoms with Crippen LogP contribution in [0.25, 0.3) is 0 Å². The monoisotopic (exact) mass is 495 g/mol. The molecule has 0 bridgehead atoms. The average Bonchev–Trinajstić information content (AvgIpc) is 3.45. The Labute approximate surface area is 222 Å². The molecule has 3 aromatic rings. The van der Waals surface area contributed by atoms with Gasteiger partial charge in [-0.2, -0.15) is 0 Å². The van der Waals surface area contributed by atoms with Crippen LogP contribution in [0.15, 0.2) is 60.7 Å². The Kier molecular flexibility index (Phi) is 8.23. The lowest BCUT2D eigenvalue weighted by atomic mass is 9.97. The van der Waals surface area contributed by atoms with Crippen molar-refractivity contribution in [1.82, 2.24) is 9.88 Å². The highest BCUT2D eigenvalue weighted by atomic mass is 16.2. The minimum atomic E-state index is 0.119. The van der Waals surface area contributed by atoms with E-state index in [0.29, 0.717) is 0 Å². The fourth-order valence-corrected chi connectivity index (χ4v) is 6.11. The molecule has 0 aliphatic carbocycles. The zero-order valence-corrected chi connectivity index (χ0v) is 22.6. The molecule has 37 heavy (non-hydrogen) atoms. The number of nitrogens with zero attached hydrogens (tertiary/aromatic N) is 3. The highest BCUT2D eigenvalue weighted by Crippen LogP contribution is 2.45. The number of aromatic nitrogens is 1. The standard InChI is InChI=1S/C33H41N3O/c1-3-5-7-14-19-29-31-30(33(37)36(29)21-6-4-2)27-20-22-35(24-26-17-12-9-13-18-26)32(27)28(34-31)23-25-15-10-8-11-16-25/h8-13,15-18,29H,3-7,14,19-24H2,1-2H3. The van der Waals surface area contributed by atoms with Crippen LogP contribution in [0.4, 0.5) is 5.69 Å². The summed E-state index contributed by atoms with van der Waals surface area (Å²) in [4.78, 5) is 24.0. The van der Waals surface area contributed by atoms with Gasteiger partial charge in [-0.1, -0.05) is 107 Å². The van der Waals surface area contributed by atoms with Crippen LogP contribution in [0.5, 0.6) is 0 Å². The molecule has 1 amide bonds. The van der Waals surface area contributed by atoms with Gasteiger partial charge in [0.05, 0.1) is 28.7 Å². The van der Waals surface area contributed by atoms with E-state index < -0.39 is 0 Å². The molecule has 2 aliphatic rings. The zero-order chi connectivity index (χ0) is 25.6. The summed E-state index contributed by atoms with van der Waals surface area (Å²) in [6.45, 7) is 7.08. The molecule has 194 valence electrons. The molecule has 5 rings (SSSR count). The maximum atomic E-state index is 14.0. The Morgan fingerprint density at radius 1 is 0.865 bits per heavy atom. The maximum absolute atomic E-state index is 14.0. The highest BCUT2D eigenvalue weighted by molar-refractivity contribution is 6.02. The highest BCUT2D eigenvalue weighted by Gasteiger charge is 2.42. The second kappa shape index (κ2) is 11.9. The molecule has 4 nitrogen and oxygen atoms in total. The molecule has 0 saturated heterocycles. The number of benzene rings is 2. The van der Waals surface area contributed by atoms with Crippen molar-refractivity contribution in [2.45, 2.75) is 84.2 Å². The second-order valence-corrected chi connectivity index (χ2v) is 10.7. The summed E-state index contributed by atoms with van der Waals surface area (Å²) in [5, 5.41) is 0. The first-order valence-electron chi connectivity index (χ1n) is 14.4. The lowest BCUT2D eigenvalue weighted by Crippen LogP contribution is -2.29. The van der Waals surface area contributed by atoms with Crippen LogP contribution in [0.3, 0.4) is 0 Å². The number of rotatable bonds is 12. The molecule has 2 aromatic carbocycles. The lowest BCUT2D eigenvalue weighted by molar-refractivity contribution is 0.0710. The van der Waals surface area contributed by atoms with E-state index in [0.717, 1.165) is 75.1 Å². The number of pyridine rings is 1. The van der Waals surface area contributed by atoms with Crippen LogP contribution < -0.4 is 4.90 Å². The average molecular weight is 496 g/mol. The van der Waals surface area contributed by atoms with E-state index in [9.17, 15) is 4.79 Å². The molecule has 0 spiro atoms. The Morgan fingerprint density at radius 3 is 2.27 bits per heavy atom. The SMILES string of the molecule is CCCCCCC1c2nc(Cc3ccccc3)c3c(c2C(=O)N1CCCC)CCN3Cc1ccccc1. The fourth-order valence-electron chi connectivity index (χ4n) is 6.11. The van der Waals surface area contributed by atoms with Crippen LogP contribution in [-0.4, -0.2) is 28.9 Å². The lowest BCUT2D eigenvalue weighted by Gasteiger charge is -2.25. The predicted molar refractivity (Wildman–Crippen MR) is 152 cm³/mol. The molecular weight excluding hydrogens is 454 g/mol. The van der Waals surface area contributed by atoms with Crippen LogP contribution in [0.2, 0.25) is 0 Å². The third kappa shape index (κ3) is 5.44. The van der Waals surface area contributed by atoms with Gasteiger partial charge >= 0.3 is 0 Å². The van der Waals surface area contributed by atoms with E-state index >= 15 is 0 Å². The predicted octanol–water partition coefficient (Wildman–Crippen LogP) is 7.50. The van der Waals surface area contributed by atoms with Gasteiger partial charge in [0.2, 0.25) is 0 Å². The Hall–Kier alpha value is -3.14. The fraction of sp³-hybridized carbons (Fsp3) is 0.455. The van der Waals surface area contributed by atoms with Crippen LogP contribution >= 0.6 is 0 Å². The number of carbonyl (C=O) groups excluding carboxylic acids is 1. The molecule has 3 heterocycles. The smallest absolute Gasteiger partial charge is 0.256 e. The van der Waals surface area contributed by atoms with Gasteiger partial charge in [0.25, 0.3) is 5.91 Å². The number of anilines is 1. The number of hydrogen-bond donors (Lipinski definition) is 0. The van der Waals surface area contributed by atoms with Gasteiger partial charge in [-0.3, -0.25) is 9.78 Å². The molecule has 0 saturated carbocycles. The Balaban J connectivity index is 1.56. The maximum Gasteiger partial charge on any atom is 0.256 e. The quantitative estimate of drug-likeness (QED) is 0.244.